The molecule has 0 saturated heterocycles. The van der Waals surface area contributed by atoms with Gasteiger partial charge in [0.15, 0.2) is 0 Å². The summed E-state index contributed by atoms with van der Waals surface area (Å²) in [7, 11) is 1.88. The van der Waals surface area contributed by atoms with E-state index >= 15 is 0 Å². The molecule has 0 fully saturated rings. The molecule has 15 heavy (non-hydrogen) atoms. The van der Waals surface area contributed by atoms with Gasteiger partial charge in [-0.15, -0.1) is 0 Å². The van der Waals surface area contributed by atoms with Gasteiger partial charge in [-0.1, -0.05) is 6.07 Å². The third-order valence-electron chi connectivity index (χ3n) is 2.38. The van der Waals surface area contributed by atoms with Gasteiger partial charge in [0.25, 0.3) is 0 Å². The lowest BCUT2D eigenvalue weighted by molar-refractivity contribution is 0.0697. The largest absolute Gasteiger partial charge is 0.478 e. The molecule has 0 unspecified atom stereocenters. The third-order valence-corrected chi connectivity index (χ3v) is 2.38. The number of carboxylic acid groups (broad SMARTS) is 1. The maximum absolute atomic E-state index is 10.8. The lowest BCUT2D eigenvalue weighted by atomic mass is 10.1. The van der Waals surface area contributed by atoms with Crippen LogP contribution < -0.4 is 5.32 Å². The molecule has 0 atom stereocenters. The van der Waals surface area contributed by atoms with Gasteiger partial charge in [0.05, 0.1) is 5.56 Å². The zero-order valence-corrected chi connectivity index (χ0v) is 8.37. The van der Waals surface area contributed by atoms with Crippen LogP contribution in [-0.2, 0) is 6.54 Å². The van der Waals surface area contributed by atoms with E-state index in [2.05, 4.69) is 10.3 Å². The lowest BCUT2D eigenvalue weighted by Crippen LogP contribution is -2.04. The van der Waals surface area contributed by atoms with Crippen LogP contribution in [0.2, 0.25) is 0 Å². The predicted octanol–water partition coefficient (Wildman–Crippen LogP) is 1.59. The molecule has 3 N–H and O–H groups in total. The van der Waals surface area contributed by atoms with Gasteiger partial charge in [-0.2, -0.15) is 0 Å². The van der Waals surface area contributed by atoms with Crippen molar-refractivity contribution in [3.05, 3.63) is 35.5 Å². The SMILES string of the molecule is CNCc1c[nH]c2cc(C(=O)O)ccc12. The van der Waals surface area contributed by atoms with Crippen molar-refractivity contribution in [2.45, 2.75) is 6.54 Å². The molecule has 0 saturated carbocycles. The van der Waals surface area contributed by atoms with E-state index in [1.807, 2.05) is 19.3 Å². The third kappa shape index (κ3) is 1.71. The molecule has 1 aromatic heterocycles. The average Bonchev–Trinajstić information content (AvgIpc) is 2.61. The fourth-order valence-corrected chi connectivity index (χ4v) is 1.66. The van der Waals surface area contributed by atoms with Crippen molar-refractivity contribution >= 4 is 16.9 Å². The topological polar surface area (TPSA) is 65.1 Å². The first kappa shape index (κ1) is 9.73. The van der Waals surface area contributed by atoms with Crippen LogP contribution in [0.3, 0.4) is 0 Å². The molecule has 0 spiro atoms. The zero-order valence-electron chi connectivity index (χ0n) is 8.37. The van der Waals surface area contributed by atoms with Crippen LogP contribution in [0.1, 0.15) is 15.9 Å². The molecule has 0 aliphatic rings. The van der Waals surface area contributed by atoms with Crippen LogP contribution >= 0.6 is 0 Å². The highest BCUT2D eigenvalue weighted by atomic mass is 16.4. The monoisotopic (exact) mass is 204 g/mol. The molecule has 2 rings (SSSR count). The standard InChI is InChI=1S/C11H12N2O2/c1-12-5-8-6-13-10-4-7(11(14)15)2-3-9(8)10/h2-4,6,12-13H,5H2,1H3,(H,14,15). The number of nitrogens with one attached hydrogen (secondary N) is 2. The number of hydrogen-bond acceptors (Lipinski definition) is 2. The van der Waals surface area contributed by atoms with Gasteiger partial charge < -0.3 is 15.4 Å². The van der Waals surface area contributed by atoms with Gasteiger partial charge in [0.2, 0.25) is 0 Å². The number of aromatic nitrogens is 1. The maximum Gasteiger partial charge on any atom is 0.335 e. The van der Waals surface area contributed by atoms with Gasteiger partial charge in [-0.05, 0) is 24.7 Å². The number of benzene rings is 1. The molecule has 1 heterocycles. The van der Waals surface area contributed by atoms with Gasteiger partial charge >= 0.3 is 5.97 Å². The maximum atomic E-state index is 10.8. The number of rotatable bonds is 3. The van der Waals surface area contributed by atoms with Gasteiger partial charge in [0.1, 0.15) is 0 Å². The van der Waals surface area contributed by atoms with Crippen LogP contribution in [0.5, 0.6) is 0 Å². The summed E-state index contributed by atoms with van der Waals surface area (Å²) in [5.74, 6) is -0.901. The zero-order chi connectivity index (χ0) is 10.8. The fraction of sp³-hybridized carbons (Fsp3) is 0.182. The summed E-state index contributed by atoms with van der Waals surface area (Å²) >= 11 is 0. The van der Waals surface area contributed by atoms with E-state index in [0.29, 0.717) is 5.56 Å². The van der Waals surface area contributed by atoms with Crippen molar-refractivity contribution in [3.8, 4) is 0 Å². The number of hydrogen-bond donors (Lipinski definition) is 3. The van der Waals surface area contributed by atoms with Crippen LogP contribution in [0.15, 0.2) is 24.4 Å². The Balaban J connectivity index is 2.51. The van der Waals surface area contributed by atoms with Crippen molar-refractivity contribution in [2.75, 3.05) is 7.05 Å². The number of aromatic amines is 1. The summed E-state index contributed by atoms with van der Waals surface area (Å²) in [4.78, 5) is 13.8. The molecule has 4 nitrogen and oxygen atoms in total. The highest BCUT2D eigenvalue weighted by Crippen LogP contribution is 2.19. The van der Waals surface area contributed by atoms with E-state index in [1.165, 1.54) is 0 Å². The second-order valence-corrected chi connectivity index (χ2v) is 3.41. The molecular formula is C11H12N2O2. The highest BCUT2D eigenvalue weighted by Gasteiger charge is 2.07. The number of H-pyrrole nitrogens is 1. The summed E-state index contributed by atoms with van der Waals surface area (Å²) in [6, 6.07) is 5.11. The van der Waals surface area contributed by atoms with E-state index < -0.39 is 5.97 Å². The van der Waals surface area contributed by atoms with E-state index in [4.69, 9.17) is 5.11 Å². The summed E-state index contributed by atoms with van der Waals surface area (Å²) in [6.07, 6.45) is 1.90. The van der Waals surface area contributed by atoms with Crippen LogP contribution in [0.25, 0.3) is 10.9 Å². The molecule has 0 radical (unpaired) electrons. The molecule has 0 aliphatic carbocycles. The molecule has 78 valence electrons. The minimum atomic E-state index is -0.901. The number of carbonyl (C=O) groups is 1. The number of aromatic carboxylic acids is 1. The van der Waals surface area contributed by atoms with Crippen molar-refractivity contribution < 1.29 is 9.90 Å². The van der Waals surface area contributed by atoms with Gasteiger partial charge in [0, 0.05) is 23.6 Å². The minimum absolute atomic E-state index is 0.306. The van der Waals surface area contributed by atoms with Crippen LogP contribution in [0.4, 0.5) is 0 Å². The first-order valence-corrected chi connectivity index (χ1v) is 4.70. The van der Waals surface area contributed by atoms with E-state index in [1.54, 1.807) is 12.1 Å². The molecular weight excluding hydrogens is 192 g/mol. The second-order valence-electron chi connectivity index (χ2n) is 3.41. The second kappa shape index (κ2) is 3.74. The van der Waals surface area contributed by atoms with Gasteiger partial charge in [-0.25, -0.2) is 4.79 Å². The van der Waals surface area contributed by atoms with Crippen LogP contribution in [-0.4, -0.2) is 23.1 Å². The Kier molecular flexibility index (Phi) is 2.43. The first-order chi connectivity index (χ1) is 7.22. The van der Waals surface area contributed by atoms with Crippen molar-refractivity contribution in [1.82, 2.24) is 10.3 Å². The van der Waals surface area contributed by atoms with Crippen molar-refractivity contribution in [3.63, 3.8) is 0 Å². The molecule has 4 heteroatoms. The fourth-order valence-electron chi connectivity index (χ4n) is 1.66. The first-order valence-electron chi connectivity index (χ1n) is 4.70. The Labute approximate surface area is 86.9 Å². The van der Waals surface area contributed by atoms with Crippen molar-refractivity contribution in [1.29, 1.82) is 0 Å². The van der Waals surface area contributed by atoms with Crippen molar-refractivity contribution in [2.24, 2.45) is 0 Å². The average molecular weight is 204 g/mol. The normalized spacial score (nSPS) is 10.7. The Morgan fingerprint density at radius 3 is 3.00 bits per heavy atom. The number of carboxylic acids is 1. The predicted molar refractivity (Wildman–Crippen MR) is 58.0 cm³/mol. The Bertz CT molecular complexity index is 502. The highest BCUT2D eigenvalue weighted by molar-refractivity contribution is 5.94. The van der Waals surface area contributed by atoms with E-state index in [0.717, 1.165) is 23.0 Å². The smallest absolute Gasteiger partial charge is 0.335 e. The van der Waals surface area contributed by atoms with E-state index in [9.17, 15) is 4.79 Å². The minimum Gasteiger partial charge on any atom is -0.478 e. The van der Waals surface area contributed by atoms with Gasteiger partial charge in [-0.3, -0.25) is 0 Å². The quantitative estimate of drug-likeness (QED) is 0.711. The van der Waals surface area contributed by atoms with E-state index in [-0.39, 0.29) is 0 Å². The lowest BCUT2D eigenvalue weighted by Gasteiger charge is -1.98. The van der Waals surface area contributed by atoms with Crippen LogP contribution in [0, 0.1) is 0 Å². The molecule has 0 bridgehead atoms. The molecule has 1 aromatic carbocycles. The molecule has 0 amide bonds. The number of fused-ring (bicyclic) bond motifs is 1. The summed E-state index contributed by atoms with van der Waals surface area (Å²) in [6.45, 7) is 0.770. The molecule has 2 aromatic rings. The Morgan fingerprint density at radius 1 is 1.53 bits per heavy atom. The summed E-state index contributed by atoms with van der Waals surface area (Å²) in [5.41, 5.74) is 2.31. The summed E-state index contributed by atoms with van der Waals surface area (Å²) in [5, 5.41) is 13.0. The Hall–Kier alpha value is -1.81. The summed E-state index contributed by atoms with van der Waals surface area (Å²) < 4.78 is 0. The molecule has 0 aliphatic heterocycles. The Morgan fingerprint density at radius 2 is 2.33 bits per heavy atom.